The molecule has 1 atom stereocenters. The number of thiazole rings is 1. The van der Waals surface area contributed by atoms with Crippen molar-refractivity contribution in [2.75, 3.05) is 20.3 Å². The summed E-state index contributed by atoms with van der Waals surface area (Å²) in [7, 11) is 1.57. The number of hydrogen-bond donors (Lipinski definition) is 0. The maximum absolute atomic E-state index is 14.1. The highest BCUT2D eigenvalue weighted by Gasteiger charge is 2.33. The number of nitrogens with zero attached hydrogens (tertiary/aromatic N) is 2. The number of carbonyl (C=O) groups excluding carboxylic acids is 1. The molecule has 222 valence electrons. The molecular weight excluding hydrogens is 588 g/mol. The Morgan fingerprint density at radius 1 is 1.02 bits per heavy atom. The lowest BCUT2D eigenvalue weighted by molar-refractivity contribution is -0.139. The van der Waals surface area contributed by atoms with E-state index in [1.165, 1.54) is 11.3 Å². The highest BCUT2D eigenvalue weighted by atomic mass is 35.5. The minimum Gasteiger partial charge on any atom is -0.494 e. The lowest BCUT2D eigenvalue weighted by Gasteiger charge is -2.24. The summed E-state index contributed by atoms with van der Waals surface area (Å²) in [5.74, 6) is 1.21. The molecule has 1 aromatic heterocycles. The van der Waals surface area contributed by atoms with E-state index in [0.29, 0.717) is 55.0 Å². The van der Waals surface area contributed by atoms with Crippen LogP contribution in [0.3, 0.4) is 0 Å². The first kappa shape index (κ1) is 30.1. The Labute approximate surface area is 258 Å². The molecule has 0 bridgehead atoms. The zero-order valence-corrected chi connectivity index (χ0v) is 25.8. The van der Waals surface area contributed by atoms with Crippen molar-refractivity contribution < 1.29 is 23.7 Å². The number of esters is 1. The molecule has 0 fully saturated rings. The van der Waals surface area contributed by atoms with E-state index in [4.69, 9.17) is 30.5 Å². The normalized spacial score (nSPS) is 14.6. The van der Waals surface area contributed by atoms with Gasteiger partial charge in [0.2, 0.25) is 0 Å². The minimum atomic E-state index is -0.723. The lowest BCUT2D eigenvalue weighted by Crippen LogP contribution is -2.39. The Bertz CT molecular complexity index is 1840. The van der Waals surface area contributed by atoms with E-state index < -0.39 is 12.0 Å². The van der Waals surface area contributed by atoms with Crippen LogP contribution in [0.2, 0.25) is 5.02 Å². The summed E-state index contributed by atoms with van der Waals surface area (Å²) >= 11 is 7.27. The Morgan fingerprint density at radius 2 is 1.77 bits per heavy atom. The van der Waals surface area contributed by atoms with E-state index in [9.17, 15) is 9.59 Å². The first-order valence-electron chi connectivity index (χ1n) is 13.8. The number of rotatable bonds is 10. The van der Waals surface area contributed by atoms with Crippen LogP contribution in [0, 0.1) is 0 Å². The van der Waals surface area contributed by atoms with Crippen molar-refractivity contribution in [3.8, 4) is 17.2 Å². The molecule has 3 aromatic carbocycles. The van der Waals surface area contributed by atoms with Gasteiger partial charge in [0.15, 0.2) is 16.3 Å². The molecule has 1 aliphatic rings. The van der Waals surface area contributed by atoms with Gasteiger partial charge in [-0.3, -0.25) is 9.36 Å². The molecule has 0 aliphatic carbocycles. The maximum Gasteiger partial charge on any atom is 0.338 e. The summed E-state index contributed by atoms with van der Waals surface area (Å²) in [5, 5.41) is 0.641. The number of benzene rings is 3. The van der Waals surface area contributed by atoms with Gasteiger partial charge in [-0.1, -0.05) is 59.3 Å². The molecule has 10 heteroatoms. The van der Waals surface area contributed by atoms with Gasteiger partial charge < -0.3 is 18.9 Å². The number of fused-ring (bicyclic) bond motifs is 1. The molecule has 1 aliphatic heterocycles. The fourth-order valence-corrected chi connectivity index (χ4v) is 6.02. The van der Waals surface area contributed by atoms with Gasteiger partial charge >= 0.3 is 5.97 Å². The van der Waals surface area contributed by atoms with Crippen LogP contribution >= 0.6 is 22.9 Å². The lowest BCUT2D eigenvalue weighted by atomic mass is 9.96. The summed E-state index contributed by atoms with van der Waals surface area (Å²) in [4.78, 5) is 32.4. The molecule has 0 saturated heterocycles. The topological polar surface area (TPSA) is 88.4 Å². The molecular formula is C33H31ClN2O6S. The van der Waals surface area contributed by atoms with Crippen LogP contribution in [-0.2, 0) is 16.1 Å². The van der Waals surface area contributed by atoms with Crippen LogP contribution in [0.4, 0.5) is 0 Å². The molecule has 4 aromatic rings. The predicted molar refractivity (Wildman–Crippen MR) is 167 cm³/mol. The van der Waals surface area contributed by atoms with Crippen LogP contribution in [0.15, 0.2) is 87.8 Å². The number of aromatic nitrogens is 1. The van der Waals surface area contributed by atoms with Crippen molar-refractivity contribution in [3.63, 3.8) is 0 Å². The van der Waals surface area contributed by atoms with Crippen molar-refractivity contribution in [2.24, 2.45) is 4.99 Å². The van der Waals surface area contributed by atoms with Gasteiger partial charge in [0.25, 0.3) is 5.56 Å². The van der Waals surface area contributed by atoms with E-state index >= 15 is 0 Å². The Hall–Kier alpha value is -4.34. The summed E-state index contributed by atoms with van der Waals surface area (Å²) in [6, 6.07) is 19.5. The van der Waals surface area contributed by atoms with Crippen molar-refractivity contribution in [3.05, 3.63) is 119 Å². The number of methoxy groups -OCH3 is 1. The fourth-order valence-electron chi connectivity index (χ4n) is 4.86. The molecule has 0 amide bonds. The summed E-state index contributed by atoms with van der Waals surface area (Å²) in [6.07, 6.45) is 1.77. The summed E-state index contributed by atoms with van der Waals surface area (Å²) in [6.45, 7) is 6.42. The average molecular weight is 619 g/mol. The van der Waals surface area contributed by atoms with Gasteiger partial charge in [0, 0.05) is 10.6 Å². The largest absolute Gasteiger partial charge is 0.494 e. The highest BCUT2D eigenvalue weighted by molar-refractivity contribution is 7.07. The van der Waals surface area contributed by atoms with Gasteiger partial charge in [0.05, 0.1) is 42.2 Å². The van der Waals surface area contributed by atoms with E-state index in [1.54, 1.807) is 49.8 Å². The number of carbonyl (C=O) groups is 1. The number of ether oxygens (including phenoxy) is 4. The smallest absolute Gasteiger partial charge is 0.338 e. The van der Waals surface area contributed by atoms with Crippen molar-refractivity contribution >= 4 is 35.0 Å². The molecule has 0 spiro atoms. The second kappa shape index (κ2) is 13.3. The zero-order valence-electron chi connectivity index (χ0n) is 24.3. The average Bonchev–Trinajstić information content (AvgIpc) is 3.31. The van der Waals surface area contributed by atoms with Crippen LogP contribution in [0.5, 0.6) is 17.2 Å². The molecule has 5 rings (SSSR count). The van der Waals surface area contributed by atoms with Gasteiger partial charge in [-0.05, 0) is 68.3 Å². The molecule has 2 heterocycles. The standard InChI is InChI=1S/C33H31ClN2O6S/c1-5-40-25-16-12-22(13-17-25)29-28(32(38)41-6-2)20(3)35-33-36(29)31(37)27(43-33)18-23-8-7-9-26(39-4)30(23)42-19-21-10-14-24(34)15-11-21/h7-18,29H,5-6,19H2,1-4H3/b27-18-/t29-/m0/s1. The van der Waals surface area contributed by atoms with Crippen LogP contribution in [-0.4, -0.2) is 30.9 Å². The maximum atomic E-state index is 14.1. The Morgan fingerprint density at radius 3 is 2.44 bits per heavy atom. The SMILES string of the molecule is CCOC(=O)C1=C(C)N=c2s/c(=C\c3cccc(OC)c3OCc3ccc(Cl)cc3)c(=O)n2[C@H]1c1ccc(OCC)cc1. The van der Waals surface area contributed by atoms with Crippen molar-refractivity contribution in [1.82, 2.24) is 4.57 Å². The minimum absolute atomic E-state index is 0.199. The molecule has 0 unspecified atom stereocenters. The Balaban J connectivity index is 1.62. The molecule has 0 radical (unpaired) electrons. The third kappa shape index (κ3) is 6.38. The van der Waals surface area contributed by atoms with Crippen molar-refractivity contribution in [2.45, 2.75) is 33.4 Å². The Kier molecular flexibility index (Phi) is 9.33. The molecule has 0 saturated carbocycles. The number of para-hydroxylation sites is 1. The quantitative estimate of drug-likeness (QED) is 0.220. The number of halogens is 1. The van der Waals surface area contributed by atoms with Gasteiger partial charge in [-0.2, -0.15) is 0 Å². The first-order chi connectivity index (χ1) is 20.8. The van der Waals surface area contributed by atoms with E-state index in [-0.39, 0.29) is 18.8 Å². The zero-order chi connectivity index (χ0) is 30.5. The second-order valence-corrected chi connectivity index (χ2v) is 11.0. The predicted octanol–water partition coefficient (Wildman–Crippen LogP) is 5.44. The van der Waals surface area contributed by atoms with Crippen LogP contribution < -0.4 is 29.1 Å². The summed E-state index contributed by atoms with van der Waals surface area (Å²) in [5.41, 5.74) is 2.86. The molecule has 0 N–H and O–H groups in total. The van der Waals surface area contributed by atoms with E-state index in [0.717, 1.165) is 11.1 Å². The number of allylic oxidation sites excluding steroid dienone is 1. The monoisotopic (exact) mass is 618 g/mol. The molecule has 43 heavy (non-hydrogen) atoms. The van der Waals surface area contributed by atoms with Crippen molar-refractivity contribution in [1.29, 1.82) is 0 Å². The van der Waals surface area contributed by atoms with Gasteiger partial charge in [-0.25, -0.2) is 9.79 Å². The second-order valence-electron chi connectivity index (χ2n) is 9.60. The van der Waals surface area contributed by atoms with Crippen LogP contribution in [0.25, 0.3) is 6.08 Å². The highest BCUT2D eigenvalue weighted by Crippen LogP contribution is 2.34. The number of hydrogen-bond acceptors (Lipinski definition) is 8. The van der Waals surface area contributed by atoms with Crippen LogP contribution in [0.1, 0.15) is 43.5 Å². The van der Waals surface area contributed by atoms with E-state index in [2.05, 4.69) is 4.99 Å². The van der Waals surface area contributed by atoms with Gasteiger partial charge in [0.1, 0.15) is 12.4 Å². The third-order valence-electron chi connectivity index (χ3n) is 6.84. The fraction of sp³-hybridized carbons (Fsp3) is 0.242. The summed E-state index contributed by atoms with van der Waals surface area (Å²) < 4.78 is 24.8. The first-order valence-corrected chi connectivity index (χ1v) is 15.0. The van der Waals surface area contributed by atoms with Gasteiger partial charge in [-0.15, -0.1) is 0 Å². The molecule has 8 nitrogen and oxygen atoms in total. The third-order valence-corrected chi connectivity index (χ3v) is 8.07. The van der Waals surface area contributed by atoms with E-state index in [1.807, 2.05) is 55.5 Å².